The van der Waals surface area contributed by atoms with Crippen molar-refractivity contribution in [3.8, 4) is 0 Å². The standard InChI is InChI=1S/C17H20Cl2N2O3/c1-10-6-11(17(23)24)9-20(8-10)15-4-5-21(16(15)22)14-3-2-12(18)7-13(14)19/h2-3,7,10-11,15H,4-6,8-9H2,1H3,(H,23,24). The fourth-order valence-electron chi connectivity index (χ4n) is 3.77. The number of carboxylic acids is 1. The van der Waals surface area contributed by atoms with Crippen molar-refractivity contribution in [1.82, 2.24) is 4.90 Å². The molecule has 2 saturated heterocycles. The van der Waals surface area contributed by atoms with Crippen molar-refractivity contribution in [2.24, 2.45) is 11.8 Å². The summed E-state index contributed by atoms with van der Waals surface area (Å²) in [6.07, 6.45) is 1.34. The Morgan fingerprint density at radius 3 is 2.71 bits per heavy atom. The van der Waals surface area contributed by atoms with E-state index in [4.69, 9.17) is 23.2 Å². The SMILES string of the molecule is CC1CC(C(=O)O)CN(C2CCN(c3ccc(Cl)cc3Cl)C2=O)C1. The van der Waals surface area contributed by atoms with Crippen LogP contribution in [0.4, 0.5) is 5.69 Å². The maximum absolute atomic E-state index is 12.9. The van der Waals surface area contributed by atoms with Crippen LogP contribution < -0.4 is 4.90 Å². The van der Waals surface area contributed by atoms with E-state index in [1.165, 1.54) is 0 Å². The summed E-state index contributed by atoms with van der Waals surface area (Å²) in [5.74, 6) is -0.942. The van der Waals surface area contributed by atoms with Crippen LogP contribution in [0, 0.1) is 11.8 Å². The second kappa shape index (κ2) is 6.90. The molecule has 1 amide bonds. The van der Waals surface area contributed by atoms with E-state index in [0.29, 0.717) is 41.7 Å². The number of benzene rings is 1. The highest BCUT2D eigenvalue weighted by Gasteiger charge is 2.41. The van der Waals surface area contributed by atoms with Crippen LogP contribution in [0.2, 0.25) is 10.0 Å². The van der Waals surface area contributed by atoms with Gasteiger partial charge in [0.2, 0.25) is 5.91 Å². The minimum atomic E-state index is -0.783. The predicted molar refractivity (Wildman–Crippen MR) is 93.7 cm³/mol. The highest BCUT2D eigenvalue weighted by molar-refractivity contribution is 6.36. The van der Waals surface area contributed by atoms with E-state index in [1.807, 2.05) is 11.8 Å². The Balaban J connectivity index is 1.77. The summed E-state index contributed by atoms with van der Waals surface area (Å²) < 4.78 is 0. The lowest BCUT2D eigenvalue weighted by Gasteiger charge is -2.37. The van der Waals surface area contributed by atoms with E-state index >= 15 is 0 Å². The van der Waals surface area contributed by atoms with Crippen LogP contribution in [0.15, 0.2) is 18.2 Å². The lowest BCUT2D eigenvalue weighted by atomic mass is 9.89. The number of anilines is 1. The molecule has 0 spiro atoms. The Bertz CT molecular complexity index is 667. The molecule has 0 bridgehead atoms. The van der Waals surface area contributed by atoms with Gasteiger partial charge < -0.3 is 10.0 Å². The maximum Gasteiger partial charge on any atom is 0.307 e. The number of amides is 1. The number of nitrogens with zero attached hydrogens (tertiary/aromatic N) is 2. The average molecular weight is 371 g/mol. The third-order valence-electron chi connectivity index (χ3n) is 4.86. The largest absolute Gasteiger partial charge is 0.481 e. The minimum absolute atomic E-state index is 0.0162. The van der Waals surface area contributed by atoms with Gasteiger partial charge in [0.1, 0.15) is 0 Å². The van der Waals surface area contributed by atoms with Crippen molar-refractivity contribution < 1.29 is 14.7 Å². The average Bonchev–Trinajstić information content (AvgIpc) is 2.88. The van der Waals surface area contributed by atoms with Crippen LogP contribution in [0.25, 0.3) is 0 Å². The Morgan fingerprint density at radius 2 is 2.04 bits per heavy atom. The zero-order valence-corrected chi connectivity index (χ0v) is 14.9. The van der Waals surface area contributed by atoms with Crippen LogP contribution in [0.3, 0.4) is 0 Å². The molecule has 2 heterocycles. The van der Waals surface area contributed by atoms with Gasteiger partial charge in [0.25, 0.3) is 0 Å². The molecular formula is C17H20Cl2N2O3. The van der Waals surface area contributed by atoms with E-state index in [0.717, 1.165) is 6.54 Å². The lowest BCUT2D eigenvalue weighted by molar-refractivity contribution is -0.145. The van der Waals surface area contributed by atoms with Gasteiger partial charge in [-0.3, -0.25) is 14.5 Å². The van der Waals surface area contributed by atoms with Gasteiger partial charge in [0.05, 0.1) is 22.7 Å². The molecule has 0 radical (unpaired) electrons. The van der Waals surface area contributed by atoms with Crippen molar-refractivity contribution in [3.05, 3.63) is 28.2 Å². The summed E-state index contributed by atoms with van der Waals surface area (Å²) in [4.78, 5) is 27.9. The minimum Gasteiger partial charge on any atom is -0.481 e. The van der Waals surface area contributed by atoms with Crippen LogP contribution in [-0.4, -0.2) is 47.6 Å². The smallest absolute Gasteiger partial charge is 0.307 e. The Hall–Kier alpha value is -1.30. The molecule has 3 rings (SSSR count). The van der Waals surface area contributed by atoms with Gasteiger partial charge in [0, 0.05) is 24.7 Å². The number of hydrogen-bond donors (Lipinski definition) is 1. The number of piperidine rings is 1. The molecule has 1 aromatic carbocycles. The molecule has 24 heavy (non-hydrogen) atoms. The zero-order valence-electron chi connectivity index (χ0n) is 13.4. The summed E-state index contributed by atoms with van der Waals surface area (Å²) in [5.41, 5.74) is 0.661. The Kier molecular flexibility index (Phi) is 5.04. The van der Waals surface area contributed by atoms with Crippen LogP contribution >= 0.6 is 23.2 Å². The molecule has 0 saturated carbocycles. The predicted octanol–water partition coefficient (Wildman–Crippen LogP) is 3.14. The van der Waals surface area contributed by atoms with E-state index in [9.17, 15) is 14.7 Å². The molecule has 0 aliphatic carbocycles. The summed E-state index contributed by atoms with van der Waals surface area (Å²) in [5, 5.41) is 10.3. The van der Waals surface area contributed by atoms with E-state index in [2.05, 4.69) is 0 Å². The molecule has 130 valence electrons. The molecule has 1 N–H and O–H groups in total. The molecule has 2 aliphatic heterocycles. The maximum atomic E-state index is 12.9. The second-order valence-corrected chi connectivity index (χ2v) is 7.56. The third-order valence-corrected chi connectivity index (χ3v) is 5.39. The van der Waals surface area contributed by atoms with E-state index in [1.54, 1.807) is 23.1 Å². The summed E-state index contributed by atoms with van der Waals surface area (Å²) in [6.45, 7) is 3.80. The number of carboxylic acid groups (broad SMARTS) is 1. The molecule has 3 atom stereocenters. The quantitative estimate of drug-likeness (QED) is 0.887. The van der Waals surface area contributed by atoms with Crippen molar-refractivity contribution >= 4 is 40.8 Å². The fourth-order valence-corrected chi connectivity index (χ4v) is 4.28. The van der Waals surface area contributed by atoms with Gasteiger partial charge in [-0.2, -0.15) is 0 Å². The summed E-state index contributed by atoms with van der Waals surface area (Å²) >= 11 is 12.1. The monoisotopic (exact) mass is 370 g/mol. The lowest BCUT2D eigenvalue weighted by Crippen LogP contribution is -2.50. The van der Waals surface area contributed by atoms with Gasteiger partial charge >= 0.3 is 5.97 Å². The number of aliphatic carboxylic acids is 1. The summed E-state index contributed by atoms with van der Waals surface area (Å²) in [6, 6.07) is 4.82. The van der Waals surface area contributed by atoms with Crippen molar-refractivity contribution in [2.75, 3.05) is 24.5 Å². The van der Waals surface area contributed by atoms with Gasteiger partial charge in [-0.05, 0) is 37.0 Å². The molecule has 3 unspecified atom stereocenters. The molecule has 1 aromatic rings. The first-order valence-electron chi connectivity index (χ1n) is 8.10. The third kappa shape index (κ3) is 3.39. The normalized spacial score (nSPS) is 28.4. The van der Waals surface area contributed by atoms with Gasteiger partial charge in [0.15, 0.2) is 0 Å². The molecule has 2 fully saturated rings. The van der Waals surface area contributed by atoms with Crippen molar-refractivity contribution in [2.45, 2.75) is 25.8 Å². The molecule has 5 nitrogen and oxygen atoms in total. The Morgan fingerprint density at radius 1 is 1.29 bits per heavy atom. The topological polar surface area (TPSA) is 60.9 Å². The fraction of sp³-hybridized carbons (Fsp3) is 0.529. The molecule has 7 heteroatoms. The number of hydrogen-bond acceptors (Lipinski definition) is 3. The van der Waals surface area contributed by atoms with Crippen molar-refractivity contribution in [3.63, 3.8) is 0 Å². The van der Waals surface area contributed by atoms with E-state index in [-0.39, 0.29) is 17.9 Å². The van der Waals surface area contributed by atoms with Gasteiger partial charge in [-0.25, -0.2) is 0 Å². The van der Waals surface area contributed by atoms with E-state index < -0.39 is 11.9 Å². The number of halogens is 2. The second-order valence-electron chi connectivity index (χ2n) is 6.72. The van der Waals surface area contributed by atoms with Crippen LogP contribution in [0.5, 0.6) is 0 Å². The number of carbonyl (C=O) groups is 2. The first kappa shape index (κ1) is 17.5. The highest BCUT2D eigenvalue weighted by Crippen LogP contribution is 2.34. The zero-order chi connectivity index (χ0) is 17.4. The molecule has 0 aromatic heterocycles. The molecular weight excluding hydrogens is 351 g/mol. The molecule has 2 aliphatic rings. The Labute approximate surface area is 151 Å². The van der Waals surface area contributed by atoms with Crippen LogP contribution in [-0.2, 0) is 9.59 Å². The van der Waals surface area contributed by atoms with Crippen molar-refractivity contribution in [1.29, 1.82) is 0 Å². The number of carbonyl (C=O) groups excluding carboxylic acids is 1. The number of rotatable bonds is 3. The van der Waals surface area contributed by atoms with Gasteiger partial charge in [-0.1, -0.05) is 30.1 Å². The van der Waals surface area contributed by atoms with Gasteiger partial charge in [-0.15, -0.1) is 0 Å². The summed E-state index contributed by atoms with van der Waals surface area (Å²) in [7, 11) is 0. The highest BCUT2D eigenvalue weighted by atomic mass is 35.5. The first-order valence-corrected chi connectivity index (χ1v) is 8.85. The number of likely N-dealkylation sites (tertiary alicyclic amines) is 1. The first-order chi connectivity index (χ1) is 11.4. The van der Waals surface area contributed by atoms with Crippen LogP contribution in [0.1, 0.15) is 19.8 Å².